The number of ether oxygens (including phenoxy) is 1. The molecule has 7 nitrogen and oxygen atoms in total. The monoisotopic (exact) mass is 425 g/mol. The first-order chi connectivity index (χ1) is 15.1. The molecule has 3 heterocycles. The van der Waals surface area contributed by atoms with Crippen molar-refractivity contribution in [3.05, 3.63) is 53.2 Å². The van der Waals surface area contributed by atoms with Crippen LogP contribution in [0.15, 0.2) is 34.7 Å². The first-order valence-electron chi connectivity index (χ1n) is 11.3. The second kappa shape index (κ2) is 9.64. The minimum atomic E-state index is -0.0977. The Hall–Kier alpha value is -2.67. The highest BCUT2D eigenvalue weighted by molar-refractivity contribution is 5.93. The molecular formula is C24H31N3O4. The fourth-order valence-corrected chi connectivity index (χ4v) is 4.51. The van der Waals surface area contributed by atoms with Crippen molar-refractivity contribution >= 4 is 11.8 Å². The van der Waals surface area contributed by atoms with E-state index in [2.05, 4.69) is 11.9 Å². The number of carbonyl (C=O) groups excluding carboxylic acids is 2. The molecule has 2 aromatic rings. The number of aryl methyl sites for hydroxylation is 1. The van der Waals surface area contributed by atoms with E-state index in [0.29, 0.717) is 56.7 Å². The normalized spacial score (nSPS) is 18.8. The molecule has 0 spiro atoms. The molecule has 0 N–H and O–H groups in total. The quantitative estimate of drug-likeness (QED) is 0.734. The summed E-state index contributed by atoms with van der Waals surface area (Å²) in [7, 11) is 0. The van der Waals surface area contributed by atoms with Crippen molar-refractivity contribution in [2.45, 2.75) is 44.9 Å². The van der Waals surface area contributed by atoms with Gasteiger partial charge in [-0.05, 0) is 31.7 Å². The van der Waals surface area contributed by atoms with E-state index < -0.39 is 0 Å². The van der Waals surface area contributed by atoms with Gasteiger partial charge in [0.05, 0.1) is 19.1 Å². The summed E-state index contributed by atoms with van der Waals surface area (Å²) in [5.41, 5.74) is 1.48. The molecule has 2 saturated heterocycles. The predicted octanol–water partition coefficient (Wildman–Crippen LogP) is 3.36. The minimum Gasteiger partial charge on any atom is -0.445 e. The van der Waals surface area contributed by atoms with Crippen LogP contribution in [0.5, 0.6) is 0 Å². The van der Waals surface area contributed by atoms with Crippen LogP contribution in [0.1, 0.15) is 65.7 Å². The van der Waals surface area contributed by atoms with Crippen LogP contribution in [-0.2, 0) is 9.53 Å². The third-order valence-corrected chi connectivity index (χ3v) is 6.38. The van der Waals surface area contributed by atoms with Crippen LogP contribution in [0.3, 0.4) is 0 Å². The average Bonchev–Trinajstić information content (AvgIpc) is 3.22. The van der Waals surface area contributed by atoms with E-state index in [9.17, 15) is 9.59 Å². The van der Waals surface area contributed by atoms with Gasteiger partial charge in [-0.1, -0.05) is 37.3 Å². The summed E-state index contributed by atoms with van der Waals surface area (Å²) < 4.78 is 11.2. The fourth-order valence-electron chi connectivity index (χ4n) is 4.51. The maximum atomic E-state index is 13.1. The van der Waals surface area contributed by atoms with Crippen molar-refractivity contribution in [3.8, 4) is 0 Å². The molecule has 31 heavy (non-hydrogen) atoms. The zero-order chi connectivity index (χ0) is 21.8. The van der Waals surface area contributed by atoms with Crippen molar-refractivity contribution in [1.82, 2.24) is 14.8 Å². The van der Waals surface area contributed by atoms with Crippen molar-refractivity contribution in [2.24, 2.45) is 0 Å². The highest BCUT2D eigenvalue weighted by Crippen LogP contribution is 2.31. The number of nitrogens with zero attached hydrogens (tertiary/aromatic N) is 3. The van der Waals surface area contributed by atoms with Crippen LogP contribution in [0.4, 0.5) is 0 Å². The summed E-state index contributed by atoms with van der Waals surface area (Å²) in [6.45, 7) is 7.51. The minimum absolute atomic E-state index is 0.0861. The van der Waals surface area contributed by atoms with Gasteiger partial charge in [-0.2, -0.15) is 0 Å². The molecule has 0 aliphatic carbocycles. The molecular weight excluding hydrogens is 394 g/mol. The number of rotatable bonds is 5. The summed E-state index contributed by atoms with van der Waals surface area (Å²) in [6.07, 6.45) is 2.37. The highest BCUT2D eigenvalue weighted by atomic mass is 16.5. The number of likely N-dealkylation sites (tertiary alicyclic amines) is 1. The smallest absolute Gasteiger partial charge is 0.276 e. The summed E-state index contributed by atoms with van der Waals surface area (Å²) in [6, 6.07) is 10.0. The summed E-state index contributed by atoms with van der Waals surface area (Å²) in [5.74, 6) is 1.33. The Morgan fingerprint density at radius 2 is 1.74 bits per heavy atom. The molecule has 2 amide bonds. The van der Waals surface area contributed by atoms with Gasteiger partial charge in [0.15, 0.2) is 11.6 Å². The van der Waals surface area contributed by atoms with E-state index in [1.807, 2.05) is 35.2 Å². The van der Waals surface area contributed by atoms with E-state index in [0.717, 1.165) is 24.8 Å². The first-order valence-corrected chi connectivity index (χ1v) is 11.3. The third kappa shape index (κ3) is 4.66. The molecule has 0 unspecified atom stereocenters. The van der Waals surface area contributed by atoms with E-state index in [1.54, 1.807) is 11.8 Å². The average molecular weight is 426 g/mol. The van der Waals surface area contributed by atoms with Gasteiger partial charge in [0.25, 0.3) is 5.91 Å². The van der Waals surface area contributed by atoms with Gasteiger partial charge in [0, 0.05) is 32.1 Å². The molecule has 1 aromatic carbocycles. The van der Waals surface area contributed by atoms with Crippen LogP contribution < -0.4 is 0 Å². The van der Waals surface area contributed by atoms with Gasteiger partial charge in [0.2, 0.25) is 5.91 Å². The van der Waals surface area contributed by atoms with Crippen molar-refractivity contribution in [1.29, 1.82) is 0 Å². The lowest BCUT2D eigenvalue weighted by Gasteiger charge is -2.33. The molecule has 1 atom stereocenters. The maximum absolute atomic E-state index is 13.1. The Balaban J connectivity index is 1.38. The zero-order valence-electron chi connectivity index (χ0n) is 18.4. The Morgan fingerprint density at radius 3 is 2.39 bits per heavy atom. The lowest BCUT2D eigenvalue weighted by atomic mass is 9.92. The van der Waals surface area contributed by atoms with Crippen LogP contribution in [0.25, 0.3) is 0 Å². The number of hydrogen-bond donors (Lipinski definition) is 0. The lowest BCUT2D eigenvalue weighted by molar-refractivity contribution is -0.134. The van der Waals surface area contributed by atoms with Crippen LogP contribution in [0, 0.1) is 6.92 Å². The largest absolute Gasteiger partial charge is 0.445 e. The second-order valence-corrected chi connectivity index (χ2v) is 8.33. The molecule has 0 radical (unpaired) electrons. The van der Waals surface area contributed by atoms with Gasteiger partial charge >= 0.3 is 0 Å². The number of hydrogen-bond acceptors (Lipinski definition) is 5. The van der Waals surface area contributed by atoms with E-state index in [-0.39, 0.29) is 23.7 Å². The summed E-state index contributed by atoms with van der Waals surface area (Å²) in [5, 5.41) is 0. The van der Waals surface area contributed by atoms with Gasteiger partial charge in [-0.3, -0.25) is 9.59 Å². The lowest BCUT2D eigenvalue weighted by Crippen LogP contribution is -2.41. The SMILES string of the molecule is CC[C@@H](C(=O)N1CCC(c2nc(C(=O)N3CCOCC3)c(C)o2)CC1)c1ccccc1. The van der Waals surface area contributed by atoms with Crippen LogP contribution in [-0.4, -0.2) is 66.0 Å². The zero-order valence-corrected chi connectivity index (χ0v) is 18.4. The number of morpholine rings is 1. The first kappa shape index (κ1) is 21.6. The van der Waals surface area contributed by atoms with Gasteiger partial charge in [-0.25, -0.2) is 4.98 Å². The number of piperidine rings is 1. The number of aromatic nitrogens is 1. The molecule has 1 aromatic heterocycles. The Bertz CT molecular complexity index is 897. The Labute approximate surface area is 183 Å². The second-order valence-electron chi connectivity index (χ2n) is 8.33. The fraction of sp³-hybridized carbons (Fsp3) is 0.542. The summed E-state index contributed by atoms with van der Waals surface area (Å²) in [4.78, 5) is 34.2. The molecule has 2 fully saturated rings. The Kier molecular flexibility index (Phi) is 6.70. The van der Waals surface area contributed by atoms with Crippen molar-refractivity contribution in [3.63, 3.8) is 0 Å². The number of amides is 2. The Morgan fingerprint density at radius 1 is 1.06 bits per heavy atom. The predicted molar refractivity (Wildman–Crippen MR) is 116 cm³/mol. The molecule has 2 aliphatic heterocycles. The standard InChI is InChI=1S/C24H31N3O4/c1-3-20(18-7-5-4-6-8-18)23(28)26-11-9-19(10-12-26)22-25-21(17(2)31-22)24(29)27-13-15-30-16-14-27/h4-8,19-20H,3,9-16H2,1-2H3/t20-/m1/s1. The summed E-state index contributed by atoms with van der Waals surface area (Å²) >= 11 is 0. The number of carbonyl (C=O) groups is 2. The van der Waals surface area contributed by atoms with Gasteiger partial charge in [0.1, 0.15) is 5.76 Å². The van der Waals surface area contributed by atoms with Crippen molar-refractivity contribution < 1.29 is 18.7 Å². The topological polar surface area (TPSA) is 75.9 Å². The third-order valence-electron chi connectivity index (χ3n) is 6.38. The molecule has 0 bridgehead atoms. The van der Waals surface area contributed by atoms with E-state index in [4.69, 9.17) is 9.15 Å². The highest BCUT2D eigenvalue weighted by Gasteiger charge is 2.32. The van der Waals surface area contributed by atoms with Gasteiger partial charge in [-0.15, -0.1) is 0 Å². The molecule has 7 heteroatoms. The maximum Gasteiger partial charge on any atom is 0.276 e. The molecule has 0 saturated carbocycles. The van der Waals surface area contributed by atoms with Gasteiger partial charge < -0.3 is 19.0 Å². The van der Waals surface area contributed by atoms with E-state index >= 15 is 0 Å². The van der Waals surface area contributed by atoms with Crippen molar-refractivity contribution in [2.75, 3.05) is 39.4 Å². The number of oxazole rings is 1. The molecule has 166 valence electrons. The van der Waals surface area contributed by atoms with E-state index in [1.165, 1.54) is 0 Å². The number of benzene rings is 1. The van der Waals surface area contributed by atoms with Crippen LogP contribution >= 0.6 is 0 Å². The van der Waals surface area contributed by atoms with Crippen LogP contribution in [0.2, 0.25) is 0 Å². The molecule has 4 rings (SSSR count). The molecule has 2 aliphatic rings.